The summed E-state index contributed by atoms with van der Waals surface area (Å²) in [6, 6.07) is 1.23. The Morgan fingerprint density at radius 2 is 2.06 bits per heavy atom. The topological polar surface area (TPSA) is 24.5 Å². The van der Waals surface area contributed by atoms with Crippen molar-refractivity contribution in [2.24, 2.45) is 5.92 Å². The first-order valence-corrected chi connectivity index (χ1v) is 7.05. The van der Waals surface area contributed by atoms with Gasteiger partial charge in [-0.1, -0.05) is 20.8 Å². The van der Waals surface area contributed by atoms with Gasteiger partial charge in [-0.25, -0.2) is 0 Å². The van der Waals surface area contributed by atoms with Crippen molar-refractivity contribution in [1.29, 1.82) is 0 Å². The Labute approximate surface area is 107 Å². The number of hydrogen-bond donors (Lipinski definition) is 1. The van der Waals surface area contributed by atoms with Crippen molar-refractivity contribution in [3.05, 3.63) is 0 Å². The van der Waals surface area contributed by atoms with Gasteiger partial charge in [-0.15, -0.1) is 0 Å². The standard InChI is InChI=1S/C14H30N2O/c1-6-13-9-12(7-8-17-13)15-14(11(2)3)10-16(4)5/h11-15H,6-10H2,1-5H3. The summed E-state index contributed by atoms with van der Waals surface area (Å²) in [5, 5.41) is 3.83. The first-order chi connectivity index (χ1) is 8.02. The van der Waals surface area contributed by atoms with Crippen LogP contribution < -0.4 is 5.32 Å². The molecular weight excluding hydrogens is 212 g/mol. The summed E-state index contributed by atoms with van der Waals surface area (Å²) < 4.78 is 5.73. The van der Waals surface area contributed by atoms with E-state index < -0.39 is 0 Å². The maximum Gasteiger partial charge on any atom is 0.0587 e. The van der Waals surface area contributed by atoms with Gasteiger partial charge in [0.1, 0.15) is 0 Å². The minimum absolute atomic E-state index is 0.466. The fourth-order valence-corrected chi connectivity index (χ4v) is 2.47. The molecule has 0 amide bonds. The largest absolute Gasteiger partial charge is 0.378 e. The van der Waals surface area contributed by atoms with E-state index in [0.717, 1.165) is 26.0 Å². The molecule has 1 rings (SSSR count). The molecule has 1 N–H and O–H groups in total. The fourth-order valence-electron chi connectivity index (χ4n) is 2.47. The first kappa shape index (κ1) is 14.9. The lowest BCUT2D eigenvalue weighted by molar-refractivity contribution is -0.00355. The van der Waals surface area contributed by atoms with Crippen LogP contribution in [0, 0.1) is 5.92 Å². The van der Waals surface area contributed by atoms with Gasteiger partial charge in [-0.05, 0) is 39.3 Å². The zero-order valence-electron chi connectivity index (χ0n) is 12.2. The Hall–Kier alpha value is -0.120. The van der Waals surface area contributed by atoms with Crippen LogP contribution in [0.5, 0.6) is 0 Å². The molecule has 1 heterocycles. The molecule has 0 bridgehead atoms. The molecule has 1 saturated heterocycles. The summed E-state index contributed by atoms with van der Waals surface area (Å²) in [5.74, 6) is 0.681. The lowest BCUT2D eigenvalue weighted by Crippen LogP contribution is -2.49. The fraction of sp³-hybridized carbons (Fsp3) is 1.00. The molecule has 0 spiro atoms. The second kappa shape index (κ2) is 7.34. The van der Waals surface area contributed by atoms with Gasteiger partial charge in [0.2, 0.25) is 0 Å². The summed E-state index contributed by atoms with van der Waals surface area (Å²) in [6.45, 7) is 8.86. The number of hydrogen-bond acceptors (Lipinski definition) is 3. The Bertz CT molecular complexity index is 206. The highest BCUT2D eigenvalue weighted by Crippen LogP contribution is 2.18. The monoisotopic (exact) mass is 242 g/mol. The molecule has 3 unspecified atom stereocenters. The maximum absolute atomic E-state index is 5.73. The second-order valence-corrected chi connectivity index (χ2v) is 5.90. The Kier molecular flexibility index (Phi) is 6.45. The van der Waals surface area contributed by atoms with Crippen LogP contribution in [-0.2, 0) is 4.74 Å². The van der Waals surface area contributed by atoms with Gasteiger partial charge in [0.15, 0.2) is 0 Å². The van der Waals surface area contributed by atoms with Crippen LogP contribution in [0.2, 0.25) is 0 Å². The normalized spacial score (nSPS) is 27.7. The Morgan fingerprint density at radius 1 is 1.35 bits per heavy atom. The van der Waals surface area contributed by atoms with E-state index >= 15 is 0 Å². The second-order valence-electron chi connectivity index (χ2n) is 5.90. The number of likely N-dealkylation sites (N-methyl/N-ethyl adjacent to an activating group) is 1. The van der Waals surface area contributed by atoms with Gasteiger partial charge in [0, 0.05) is 25.2 Å². The van der Waals surface area contributed by atoms with E-state index in [1.54, 1.807) is 0 Å². The van der Waals surface area contributed by atoms with Crippen LogP contribution in [-0.4, -0.2) is 50.3 Å². The van der Waals surface area contributed by atoms with Crippen LogP contribution in [0.3, 0.4) is 0 Å². The molecular formula is C14H30N2O. The number of nitrogens with zero attached hydrogens (tertiary/aromatic N) is 1. The van der Waals surface area contributed by atoms with E-state index in [1.807, 2.05) is 0 Å². The molecule has 3 atom stereocenters. The van der Waals surface area contributed by atoms with Gasteiger partial charge in [0.05, 0.1) is 6.10 Å². The highest BCUT2D eigenvalue weighted by Gasteiger charge is 2.24. The summed E-state index contributed by atoms with van der Waals surface area (Å²) in [4.78, 5) is 2.27. The molecule has 0 aromatic heterocycles. The van der Waals surface area contributed by atoms with Gasteiger partial charge < -0.3 is 15.0 Å². The molecule has 3 nitrogen and oxygen atoms in total. The smallest absolute Gasteiger partial charge is 0.0587 e. The van der Waals surface area contributed by atoms with E-state index in [4.69, 9.17) is 4.74 Å². The minimum atomic E-state index is 0.466. The van der Waals surface area contributed by atoms with E-state index in [2.05, 4.69) is 45.1 Å². The number of nitrogens with one attached hydrogen (secondary N) is 1. The van der Waals surface area contributed by atoms with Crippen molar-refractivity contribution in [2.45, 2.75) is 58.2 Å². The van der Waals surface area contributed by atoms with E-state index in [0.29, 0.717) is 24.1 Å². The predicted octanol–water partition coefficient (Wildman–Crippen LogP) is 2.12. The minimum Gasteiger partial charge on any atom is -0.378 e. The first-order valence-electron chi connectivity index (χ1n) is 7.05. The molecule has 3 heteroatoms. The van der Waals surface area contributed by atoms with Gasteiger partial charge in [-0.3, -0.25) is 0 Å². The van der Waals surface area contributed by atoms with Gasteiger partial charge in [0.25, 0.3) is 0 Å². The van der Waals surface area contributed by atoms with Crippen LogP contribution in [0.25, 0.3) is 0 Å². The Morgan fingerprint density at radius 3 is 2.59 bits per heavy atom. The lowest BCUT2D eigenvalue weighted by Gasteiger charge is -2.35. The summed E-state index contributed by atoms with van der Waals surface area (Å²) in [5.41, 5.74) is 0. The third-order valence-electron chi connectivity index (χ3n) is 3.64. The highest BCUT2D eigenvalue weighted by molar-refractivity contribution is 4.82. The van der Waals surface area contributed by atoms with Crippen LogP contribution in [0.1, 0.15) is 40.0 Å². The van der Waals surface area contributed by atoms with Crippen molar-refractivity contribution in [3.63, 3.8) is 0 Å². The summed E-state index contributed by atoms with van der Waals surface area (Å²) in [6.07, 6.45) is 3.94. The van der Waals surface area contributed by atoms with Crippen molar-refractivity contribution in [3.8, 4) is 0 Å². The molecule has 0 saturated carbocycles. The van der Waals surface area contributed by atoms with E-state index in [1.165, 1.54) is 6.42 Å². The molecule has 1 aliphatic rings. The van der Waals surface area contributed by atoms with Crippen molar-refractivity contribution in [2.75, 3.05) is 27.2 Å². The van der Waals surface area contributed by atoms with Gasteiger partial charge in [-0.2, -0.15) is 0 Å². The molecule has 1 fully saturated rings. The molecule has 1 aliphatic heterocycles. The molecule has 0 radical (unpaired) electrons. The number of ether oxygens (including phenoxy) is 1. The predicted molar refractivity (Wildman–Crippen MR) is 73.4 cm³/mol. The van der Waals surface area contributed by atoms with Crippen LogP contribution >= 0.6 is 0 Å². The molecule has 17 heavy (non-hydrogen) atoms. The third-order valence-corrected chi connectivity index (χ3v) is 3.64. The van der Waals surface area contributed by atoms with E-state index in [-0.39, 0.29) is 0 Å². The molecule has 0 aliphatic carbocycles. The SMILES string of the molecule is CCC1CC(NC(CN(C)C)C(C)C)CCO1. The lowest BCUT2D eigenvalue weighted by atomic mass is 9.97. The average Bonchev–Trinajstić information content (AvgIpc) is 2.27. The molecule has 102 valence electrons. The van der Waals surface area contributed by atoms with Crippen LogP contribution in [0.15, 0.2) is 0 Å². The van der Waals surface area contributed by atoms with Crippen molar-refractivity contribution in [1.82, 2.24) is 10.2 Å². The summed E-state index contributed by atoms with van der Waals surface area (Å²) in [7, 11) is 4.30. The average molecular weight is 242 g/mol. The van der Waals surface area contributed by atoms with E-state index in [9.17, 15) is 0 Å². The Balaban J connectivity index is 2.43. The number of rotatable bonds is 6. The maximum atomic E-state index is 5.73. The van der Waals surface area contributed by atoms with Crippen molar-refractivity contribution < 1.29 is 4.74 Å². The molecule has 0 aromatic rings. The van der Waals surface area contributed by atoms with Gasteiger partial charge >= 0.3 is 0 Å². The summed E-state index contributed by atoms with van der Waals surface area (Å²) >= 11 is 0. The molecule has 0 aromatic carbocycles. The zero-order valence-corrected chi connectivity index (χ0v) is 12.2. The third kappa shape index (κ3) is 5.36. The van der Waals surface area contributed by atoms with Crippen LogP contribution in [0.4, 0.5) is 0 Å². The quantitative estimate of drug-likeness (QED) is 0.772. The zero-order chi connectivity index (χ0) is 12.8. The highest BCUT2D eigenvalue weighted by atomic mass is 16.5. The van der Waals surface area contributed by atoms with Crippen molar-refractivity contribution >= 4 is 0 Å².